The van der Waals surface area contributed by atoms with E-state index in [4.69, 9.17) is 11.6 Å². The maximum atomic E-state index is 13.0. The molecule has 0 atom stereocenters. The Hall–Kier alpha value is -1.59. The van der Waals surface area contributed by atoms with Gasteiger partial charge in [0.25, 0.3) is 0 Å². The average molecular weight is 314 g/mol. The fourth-order valence-corrected chi connectivity index (χ4v) is 2.46. The van der Waals surface area contributed by atoms with Crippen LogP contribution in [0.4, 0.5) is 14.5 Å². The number of benzene rings is 2. The second-order valence-electron chi connectivity index (χ2n) is 3.92. The van der Waals surface area contributed by atoms with Crippen LogP contribution in [-0.4, -0.2) is 11.7 Å². The number of nitrogens with one attached hydrogen (secondary N) is 1. The maximum absolute atomic E-state index is 13.0. The number of hydrogen-bond donors (Lipinski definition) is 1. The SMILES string of the molecule is O=C(CSc1ccc(F)c(Cl)c1)Nc1cccc(F)c1. The molecule has 0 aromatic heterocycles. The fraction of sp³-hybridized carbons (Fsp3) is 0.0714. The Balaban J connectivity index is 1.90. The Bertz CT molecular complexity index is 636. The predicted octanol–water partition coefficient (Wildman–Crippen LogP) is 4.35. The number of rotatable bonds is 4. The monoisotopic (exact) mass is 313 g/mol. The van der Waals surface area contributed by atoms with E-state index in [1.165, 1.54) is 42.1 Å². The summed E-state index contributed by atoms with van der Waals surface area (Å²) in [5.41, 5.74) is 0.396. The predicted molar refractivity (Wildman–Crippen MR) is 77.2 cm³/mol. The van der Waals surface area contributed by atoms with Crippen LogP contribution in [0.5, 0.6) is 0 Å². The molecule has 2 aromatic carbocycles. The molecule has 0 fully saturated rings. The van der Waals surface area contributed by atoms with Gasteiger partial charge >= 0.3 is 0 Å². The summed E-state index contributed by atoms with van der Waals surface area (Å²) >= 11 is 6.86. The van der Waals surface area contributed by atoms with Crippen LogP contribution in [0.3, 0.4) is 0 Å². The summed E-state index contributed by atoms with van der Waals surface area (Å²) in [5.74, 6) is -1.07. The van der Waals surface area contributed by atoms with E-state index in [-0.39, 0.29) is 16.7 Å². The van der Waals surface area contributed by atoms with Gasteiger partial charge in [-0.25, -0.2) is 8.78 Å². The van der Waals surface area contributed by atoms with Crippen molar-refractivity contribution in [1.82, 2.24) is 0 Å². The first kappa shape index (κ1) is 14.8. The van der Waals surface area contributed by atoms with Gasteiger partial charge in [-0.1, -0.05) is 17.7 Å². The van der Waals surface area contributed by atoms with Crippen molar-refractivity contribution in [1.29, 1.82) is 0 Å². The van der Waals surface area contributed by atoms with Crippen molar-refractivity contribution in [3.05, 3.63) is 59.1 Å². The Morgan fingerprint density at radius 1 is 1.20 bits per heavy atom. The average Bonchev–Trinajstić information content (AvgIpc) is 2.40. The molecule has 2 rings (SSSR count). The Morgan fingerprint density at radius 3 is 2.70 bits per heavy atom. The van der Waals surface area contributed by atoms with Crippen LogP contribution in [0.2, 0.25) is 5.02 Å². The Morgan fingerprint density at radius 2 is 2.00 bits per heavy atom. The lowest BCUT2D eigenvalue weighted by molar-refractivity contribution is -0.113. The lowest BCUT2D eigenvalue weighted by Crippen LogP contribution is -2.14. The summed E-state index contributed by atoms with van der Waals surface area (Å²) in [6.45, 7) is 0. The number of halogens is 3. The number of carbonyl (C=O) groups excluding carboxylic acids is 1. The second kappa shape index (κ2) is 6.72. The molecule has 0 aliphatic rings. The first-order valence-electron chi connectivity index (χ1n) is 5.68. The molecule has 104 valence electrons. The van der Waals surface area contributed by atoms with Gasteiger partial charge in [-0.2, -0.15) is 0 Å². The van der Waals surface area contributed by atoms with Crippen LogP contribution in [0.1, 0.15) is 0 Å². The van der Waals surface area contributed by atoms with Gasteiger partial charge < -0.3 is 5.32 Å². The van der Waals surface area contributed by atoms with E-state index in [2.05, 4.69) is 5.32 Å². The Labute approximate surface area is 124 Å². The van der Waals surface area contributed by atoms with Gasteiger partial charge in [0, 0.05) is 10.6 Å². The minimum Gasteiger partial charge on any atom is -0.325 e. The van der Waals surface area contributed by atoms with Crippen LogP contribution in [0.15, 0.2) is 47.4 Å². The third-order valence-corrected chi connectivity index (χ3v) is 3.65. The summed E-state index contributed by atoms with van der Waals surface area (Å²) in [6.07, 6.45) is 0. The van der Waals surface area contributed by atoms with E-state index in [0.29, 0.717) is 10.6 Å². The highest BCUT2D eigenvalue weighted by atomic mass is 35.5. The zero-order chi connectivity index (χ0) is 14.5. The zero-order valence-electron chi connectivity index (χ0n) is 10.2. The molecule has 1 amide bonds. The molecule has 0 unspecified atom stereocenters. The largest absolute Gasteiger partial charge is 0.325 e. The van der Waals surface area contributed by atoms with Crippen LogP contribution in [0.25, 0.3) is 0 Å². The molecule has 1 N–H and O–H groups in total. The van der Waals surface area contributed by atoms with Crippen molar-refractivity contribution >= 4 is 35.0 Å². The molecule has 0 saturated carbocycles. The zero-order valence-corrected chi connectivity index (χ0v) is 11.8. The summed E-state index contributed by atoms with van der Waals surface area (Å²) in [7, 11) is 0. The molecule has 0 saturated heterocycles. The molecule has 2 aromatic rings. The number of anilines is 1. The van der Waals surface area contributed by atoms with E-state index in [9.17, 15) is 13.6 Å². The number of carbonyl (C=O) groups is 1. The van der Waals surface area contributed by atoms with Crippen molar-refractivity contribution in [2.24, 2.45) is 0 Å². The molecular formula is C14H10ClF2NOS. The topological polar surface area (TPSA) is 29.1 Å². The van der Waals surface area contributed by atoms with Crippen molar-refractivity contribution < 1.29 is 13.6 Å². The van der Waals surface area contributed by atoms with Gasteiger partial charge in [0.05, 0.1) is 10.8 Å². The second-order valence-corrected chi connectivity index (χ2v) is 5.38. The molecule has 20 heavy (non-hydrogen) atoms. The van der Waals surface area contributed by atoms with E-state index in [1.807, 2.05) is 0 Å². The first-order chi connectivity index (χ1) is 9.54. The van der Waals surface area contributed by atoms with Crippen molar-refractivity contribution in [3.8, 4) is 0 Å². The van der Waals surface area contributed by atoms with Crippen molar-refractivity contribution in [2.75, 3.05) is 11.1 Å². The number of thioether (sulfide) groups is 1. The highest BCUT2D eigenvalue weighted by molar-refractivity contribution is 8.00. The summed E-state index contributed by atoms with van der Waals surface area (Å²) in [6, 6.07) is 9.88. The van der Waals surface area contributed by atoms with Gasteiger partial charge in [0.1, 0.15) is 11.6 Å². The Kier molecular flexibility index (Phi) is 4.98. The molecule has 0 bridgehead atoms. The third kappa shape index (κ3) is 4.21. The fourth-order valence-electron chi connectivity index (χ4n) is 1.48. The lowest BCUT2D eigenvalue weighted by Gasteiger charge is -2.05. The third-order valence-electron chi connectivity index (χ3n) is 2.37. The normalized spacial score (nSPS) is 10.3. The van der Waals surface area contributed by atoms with Gasteiger partial charge in [-0.15, -0.1) is 11.8 Å². The highest BCUT2D eigenvalue weighted by Crippen LogP contribution is 2.24. The van der Waals surface area contributed by atoms with E-state index < -0.39 is 11.6 Å². The molecule has 2 nitrogen and oxygen atoms in total. The minimum atomic E-state index is -0.500. The molecule has 0 radical (unpaired) electrons. The summed E-state index contributed by atoms with van der Waals surface area (Å²) in [4.78, 5) is 12.4. The summed E-state index contributed by atoms with van der Waals surface area (Å²) < 4.78 is 25.9. The van der Waals surface area contributed by atoms with Crippen LogP contribution < -0.4 is 5.32 Å². The van der Waals surface area contributed by atoms with Gasteiger partial charge in [-0.05, 0) is 36.4 Å². The maximum Gasteiger partial charge on any atom is 0.234 e. The highest BCUT2D eigenvalue weighted by Gasteiger charge is 2.06. The number of hydrogen-bond acceptors (Lipinski definition) is 2. The van der Waals surface area contributed by atoms with E-state index in [1.54, 1.807) is 12.1 Å². The first-order valence-corrected chi connectivity index (χ1v) is 7.04. The van der Waals surface area contributed by atoms with Crippen molar-refractivity contribution in [3.63, 3.8) is 0 Å². The van der Waals surface area contributed by atoms with Crippen LogP contribution in [0, 0.1) is 11.6 Å². The van der Waals surface area contributed by atoms with Crippen LogP contribution in [-0.2, 0) is 4.79 Å². The molecule has 0 aliphatic carbocycles. The molecular weight excluding hydrogens is 304 g/mol. The quantitative estimate of drug-likeness (QED) is 0.850. The van der Waals surface area contributed by atoms with Crippen molar-refractivity contribution in [2.45, 2.75) is 4.90 Å². The molecule has 6 heteroatoms. The molecule has 0 spiro atoms. The van der Waals surface area contributed by atoms with Gasteiger partial charge in [0.2, 0.25) is 5.91 Å². The molecule has 0 heterocycles. The van der Waals surface area contributed by atoms with Crippen LogP contribution >= 0.6 is 23.4 Å². The smallest absolute Gasteiger partial charge is 0.234 e. The van der Waals surface area contributed by atoms with Gasteiger partial charge in [0.15, 0.2) is 0 Å². The van der Waals surface area contributed by atoms with E-state index >= 15 is 0 Å². The standard InChI is InChI=1S/C14H10ClF2NOS/c15-12-7-11(4-5-13(12)17)20-8-14(19)18-10-3-1-2-9(16)6-10/h1-7H,8H2,(H,18,19). The minimum absolute atomic E-state index is 0.0144. The molecule has 0 aliphatic heterocycles. The summed E-state index contributed by atoms with van der Waals surface area (Å²) in [5, 5.41) is 2.59. The van der Waals surface area contributed by atoms with Gasteiger partial charge in [-0.3, -0.25) is 4.79 Å². The van der Waals surface area contributed by atoms with E-state index in [0.717, 1.165) is 0 Å². The number of amides is 1. The lowest BCUT2D eigenvalue weighted by atomic mass is 10.3.